The van der Waals surface area contributed by atoms with E-state index in [2.05, 4.69) is 10.1 Å². The quantitative estimate of drug-likeness (QED) is 0.800. The zero-order valence-electron chi connectivity index (χ0n) is 13.5. The van der Waals surface area contributed by atoms with Gasteiger partial charge in [0.05, 0.1) is 19.0 Å². The lowest BCUT2D eigenvalue weighted by atomic mass is 10.2. The summed E-state index contributed by atoms with van der Waals surface area (Å²) in [5.74, 6) is -1.57. The fourth-order valence-electron chi connectivity index (χ4n) is 2.36. The molecule has 0 unspecified atom stereocenters. The van der Waals surface area contributed by atoms with Crippen molar-refractivity contribution in [3.8, 4) is 5.75 Å². The normalized spacial score (nSPS) is 18.0. The number of hydrogen-bond acceptors (Lipinski definition) is 5. The van der Waals surface area contributed by atoms with Gasteiger partial charge in [-0.3, -0.25) is 24.2 Å². The van der Waals surface area contributed by atoms with Gasteiger partial charge in [-0.05, 0) is 31.3 Å². The molecule has 0 aromatic heterocycles. The second-order valence-corrected chi connectivity index (χ2v) is 5.55. The Hall–Kier alpha value is -2.62. The van der Waals surface area contributed by atoms with Gasteiger partial charge in [-0.2, -0.15) is 0 Å². The molecule has 0 spiro atoms. The van der Waals surface area contributed by atoms with Crippen LogP contribution in [0.5, 0.6) is 5.75 Å². The van der Waals surface area contributed by atoms with Crippen molar-refractivity contribution in [2.45, 2.75) is 18.8 Å². The third-order valence-electron chi connectivity index (χ3n) is 3.65. The SMILES string of the molecule is CN1C(=O)C[C@@H](N(C)CC(=O)Nc2ccc(OC(F)(F)F)cc2)C1=O. The van der Waals surface area contributed by atoms with Gasteiger partial charge in [0.1, 0.15) is 5.75 Å². The molecule has 0 saturated carbocycles. The number of carbonyl (C=O) groups is 3. The van der Waals surface area contributed by atoms with Crippen molar-refractivity contribution in [1.82, 2.24) is 9.80 Å². The number of halogens is 3. The van der Waals surface area contributed by atoms with Crippen LogP contribution in [0.3, 0.4) is 0 Å². The fraction of sp³-hybridized carbons (Fsp3) is 0.400. The average Bonchev–Trinajstić information content (AvgIpc) is 2.75. The molecule has 0 aliphatic carbocycles. The molecule has 1 N–H and O–H groups in total. The van der Waals surface area contributed by atoms with E-state index in [0.717, 1.165) is 17.0 Å². The molecule has 3 amide bonds. The lowest BCUT2D eigenvalue weighted by Gasteiger charge is -2.21. The maximum atomic E-state index is 12.1. The van der Waals surface area contributed by atoms with Gasteiger partial charge in [0.2, 0.25) is 17.7 Å². The van der Waals surface area contributed by atoms with Crippen LogP contribution in [0.25, 0.3) is 0 Å². The number of amides is 3. The zero-order chi connectivity index (χ0) is 18.8. The van der Waals surface area contributed by atoms with E-state index in [9.17, 15) is 27.6 Å². The Morgan fingerprint density at radius 2 is 1.92 bits per heavy atom. The monoisotopic (exact) mass is 359 g/mol. The molecule has 0 radical (unpaired) electrons. The minimum Gasteiger partial charge on any atom is -0.406 e. The summed E-state index contributed by atoms with van der Waals surface area (Å²) in [6, 6.07) is 3.96. The summed E-state index contributed by atoms with van der Waals surface area (Å²) in [6.07, 6.45) is -4.78. The van der Waals surface area contributed by atoms with Crippen molar-refractivity contribution in [2.75, 3.05) is 26.0 Å². The van der Waals surface area contributed by atoms with Gasteiger partial charge in [-0.15, -0.1) is 13.2 Å². The first kappa shape index (κ1) is 18.7. The second-order valence-electron chi connectivity index (χ2n) is 5.55. The zero-order valence-corrected chi connectivity index (χ0v) is 13.5. The fourth-order valence-corrected chi connectivity index (χ4v) is 2.36. The summed E-state index contributed by atoms with van der Waals surface area (Å²) < 4.78 is 40.0. The average molecular weight is 359 g/mol. The molecule has 1 fully saturated rings. The van der Waals surface area contributed by atoms with Gasteiger partial charge in [-0.1, -0.05) is 0 Å². The summed E-state index contributed by atoms with van der Waals surface area (Å²) in [5.41, 5.74) is 0.277. The van der Waals surface area contributed by atoms with Gasteiger partial charge in [0.25, 0.3) is 0 Å². The van der Waals surface area contributed by atoms with E-state index in [1.807, 2.05) is 0 Å². The number of nitrogens with one attached hydrogen (secondary N) is 1. The van der Waals surface area contributed by atoms with Crippen molar-refractivity contribution < 1.29 is 32.3 Å². The molecule has 1 aromatic carbocycles. The number of ether oxygens (including phenoxy) is 1. The Kier molecular flexibility index (Phi) is 5.31. The molecule has 1 heterocycles. The van der Waals surface area contributed by atoms with E-state index in [-0.39, 0.29) is 30.5 Å². The summed E-state index contributed by atoms with van der Waals surface area (Å²) in [7, 11) is 2.91. The molecule has 1 saturated heterocycles. The number of alkyl halides is 3. The van der Waals surface area contributed by atoms with E-state index in [1.165, 1.54) is 31.1 Å². The first-order valence-corrected chi connectivity index (χ1v) is 7.23. The predicted molar refractivity (Wildman–Crippen MR) is 80.6 cm³/mol. The van der Waals surface area contributed by atoms with E-state index < -0.39 is 24.1 Å². The van der Waals surface area contributed by atoms with Crippen molar-refractivity contribution in [2.24, 2.45) is 0 Å². The summed E-state index contributed by atoms with van der Waals surface area (Å²) in [5, 5.41) is 2.50. The Balaban J connectivity index is 1.90. The van der Waals surface area contributed by atoms with Crippen LogP contribution in [0.1, 0.15) is 6.42 Å². The van der Waals surface area contributed by atoms with Crippen LogP contribution in [-0.4, -0.2) is 60.6 Å². The maximum Gasteiger partial charge on any atom is 0.573 e. The molecule has 1 aliphatic rings. The van der Waals surface area contributed by atoms with Gasteiger partial charge < -0.3 is 10.1 Å². The van der Waals surface area contributed by atoms with E-state index >= 15 is 0 Å². The van der Waals surface area contributed by atoms with Crippen LogP contribution in [0, 0.1) is 0 Å². The first-order chi connectivity index (χ1) is 11.6. The van der Waals surface area contributed by atoms with Crippen LogP contribution in [0.15, 0.2) is 24.3 Å². The highest BCUT2D eigenvalue weighted by molar-refractivity contribution is 6.05. The summed E-state index contributed by atoms with van der Waals surface area (Å²) >= 11 is 0. The van der Waals surface area contributed by atoms with Gasteiger partial charge in [0, 0.05) is 12.7 Å². The standard InChI is InChI=1S/C15H16F3N3O4/c1-20(11-7-13(23)21(2)14(11)24)8-12(22)19-9-3-5-10(6-4-9)25-15(16,17)18/h3-6,11H,7-8H2,1-2H3,(H,19,22)/t11-/m1/s1. The molecular weight excluding hydrogens is 343 g/mol. The lowest BCUT2D eigenvalue weighted by molar-refractivity contribution is -0.274. The van der Waals surface area contributed by atoms with E-state index in [1.54, 1.807) is 0 Å². The third-order valence-corrected chi connectivity index (χ3v) is 3.65. The molecule has 0 bridgehead atoms. The molecule has 2 rings (SSSR count). The number of rotatable bonds is 5. The number of likely N-dealkylation sites (N-methyl/N-ethyl adjacent to an activating group) is 2. The molecule has 1 aliphatic heterocycles. The topological polar surface area (TPSA) is 79.0 Å². The number of anilines is 1. The van der Waals surface area contributed by atoms with Crippen LogP contribution < -0.4 is 10.1 Å². The Labute approximate surface area is 141 Å². The van der Waals surface area contributed by atoms with Crippen LogP contribution >= 0.6 is 0 Å². The minimum atomic E-state index is -4.79. The number of nitrogens with zero attached hydrogens (tertiary/aromatic N) is 2. The highest BCUT2D eigenvalue weighted by atomic mass is 19.4. The number of hydrogen-bond donors (Lipinski definition) is 1. The smallest absolute Gasteiger partial charge is 0.406 e. The van der Waals surface area contributed by atoms with E-state index in [0.29, 0.717) is 0 Å². The van der Waals surface area contributed by atoms with Crippen LogP contribution in [0.4, 0.5) is 18.9 Å². The van der Waals surface area contributed by atoms with Crippen LogP contribution in [0.2, 0.25) is 0 Å². The summed E-state index contributed by atoms with van der Waals surface area (Å²) in [6.45, 7) is -0.154. The van der Waals surface area contributed by atoms with Crippen molar-refractivity contribution in [3.63, 3.8) is 0 Å². The number of likely N-dealkylation sites (tertiary alicyclic amines) is 1. The minimum absolute atomic E-state index is 0.00257. The third kappa shape index (κ3) is 4.92. The van der Waals surface area contributed by atoms with Crippen molar-refractivity contribution >= 4 is 23.4 Å². The Morgan fingerprint density at radius 3 is 2.40 bits per heavy atom. The molecule has 1 aromatic rings. The number of imide groups is 1. The molecule has 1 atom stereocenters. The van der Waals surface area contributed by atoms with Gasteiger partial charge in [0.15, 0.2) is 0 Å². The van der Waals surface area contributed by atoms with Crippen LogP contribution in [-0.2, 0) is 14.4 Å². The first-order valence-electron chi connectivity index (χ1n) is 7.23. The molecular formula is C15H16F3N3O4. The molecule has 10 heteroatoms. The maximum absolute atomic E-state index is 12.1. The van der Waals surface area contributed by atoms with Gasteiger partial charge >= 0.3 is 6.36 Å². The second kappa shape index (κ2) is 7.09. The Morgan fingerprint density at radius 1 is 1.32 bits per heavy atom. The number of benzene rings is 1. The molecule has 25 heavy (non-hydrogen) atoms. The van der Waals surface area contributed by atoms with E-state index in [4.69, 9.17) is 0 Å². The lowest BCUT2D eigenvalue weighted by Crippen LogP contribution is -2.42. The largest absolute Gasteiger partial charge is 0.573 e. The van der Waals surface area contributed by atoms with Gasteiger partial charge in [-0.25, -0.2) is 0 Å². The highest BCUT2D eigenvalue weighted by Crippen LogP contribution is 2.24. The molecule has 136 valence electrons. The molecule has 7 nitrogen and oxygen atoms in total. The highest BCUT2D eigenvalue weighted by Gasteiger charge is 2.38. The van der Waals surface area contributed by atoms with Crippen molar-refractivity contribution in [1.29, 1.82) is 0 Å². The predicted octanol–water partition coefficient (Wildman–Crippen LogP) is 1.21. The van der Waals surface area contributed by atoms with Crippen molar-refractivity contribution in [3.05, 3.63) is 24.3 Å². The number of carbonyl (C=O) groups excluding carboxylic acids is 3. The Bertz CT molecular complexity index is 676. The summed E-state index contributed by atoms with van der Waals surface area (Å²) in [4.78, 5) is 37.8.